The first kappa shape index (κ1) is 12.0. The molecule has 0 spiro atoms. The molecule has 2 unspecified atom stereocenters. The smallest absolute Gasteiger partial charge is 0.308 e. The average Bonchev–Trinajstić information content (AvgIpc) is 2.83. The fraction of sp³-hybridized carbons (Fsp3) is 0.455. The van der Waals surface area contributed by atoms with Gasteiger partial charge in [0.25, 0.3) is 5.91 Å². The van der Waals surface area contributed by atoms with Crippen molar-refractivity contribution in [3.05, 3.63) is 23.1 Å². The summed E-state index contributed by atoms with van der Waals surface area (Å²) in [5.41, 5.74) is 0. The van der Waals surface area contributed by atoms with E-state index in [0.717, 1.165) is 0 Å². The molecule has 0 aliphatic carbocycles. The average molecular weight is 258 g/mol. The van der Waals surface area contributed by atoms with E-state index in [0.29, 0.717) is 6.54 Å². The molecule has 1 aliphatic rings. The van der Waals surface area contributed by atoms with E-state index in [2.05, 4.69) is 0 Å². The van der Waals surface area contributed by atoms with Crippen molar-refractivity contribution in [3.8, 4) is 0 Å². The van der Waals surface area contributed by atoms with Crippen LogP contribution in [0.5, 0.6) is 0 Å². The molecular formula is C11H12ClNO4. The van der Waals surface area contributed by atoms with Crippen LogP contribution >= 0.6 is 11.6 Å². The molecule has 1 aromatic rings. The van der Waals surface area contributed by atoms with Gasteiger partial charge in [0.1, 0.15) is 0 Å². The minimum Gasteiger partial charge on any atom is -0.481 e. The molecule has 1 amide bonds. The zero-order valence-corrected chi connectivity index (χ0v) is 9.98. The van der Waals surface area contributed by atoms with E-state index < -0.39 is 11.9 Å². The Morgan fingerprint density at radius 2 is 2.18 bits per heavy atom. The molecule has 1 aromatic heterocycles. The largest absolute Gasteiger partial charge is 0.481 e. The van der Waals surface area contributed by atoms with Gasteiger partial charge in [-0.15, -0.1) is 0 Å². The molecule has 6 heteroatoms. The zero-order chi connectivity index (χ0) is 12.6. The summed E-state index contributed by atoms with van der Waals surface area (Å²) < 4.78 is 5.02. The van der Waals surface area contributed by atoms with Crippen LogP contribution in [0.3, 0.4) is 0 Å². The number of halogens is 1. The van der Waals surface area contributed by atoms with Crippen LogP contribution in [0.4, 0.5) is 0 Å². The molecule has 0 radical (unpaired) electrons. The van der Waals surface area contributed by atoms with E-state index >= 15 is 0 Å². The molecule has 5 nitrogen and oxygen atoms in total. The summed E-state index contributed by atoms with van der Waals surface area (Å²) in [5.74, 6) is -1.60. The van der Waals surface area contributed by atoms with Crippen molar-refractivity contribution in [1.29, 1.82) is 0 Å². The van der Waals surface area contributed by atoms with E-state index in [9.17, 15) is 9.59 Å². The molecular weight excluding hydrogens is 246 g/mol. The molecule has 1 saturated heterocycles. The number of nitrogens with zero attached hydrogens (tertiary/aromatic N) is 1. The summed E-state index contributed by atoms with van der Waals surface area (Å²) in [6.07, 6.45) is 0. The molecule has 0 bridgehead atoms. The van der Waals surface area contributed by atoms with Crippen molar-refractivity contribution < 1.29 is 19.1 Å². The monoisotopic (exact) mass is 257 g/mol. The minimum atomic E-state index is -0.870. The number of hydrogen-bond acceptors (Lipinski definition) is 3. The molecule has 92 valence electrons. The minimum absolute atomic E-state index is 0.0538. The van der Waals surface area contributed by atoms with Gasteiger partial charge in [0.05, 0.1) is 5.92 Å². The van der Waals surface area contributed by atoms with Crippen LogP contribution in [0.25, 0.3) is 0 Å². The summed E-state index contributed by atoms with van der Waals surface area (Å²) >= 11 is 5.59. The maximum atomic E-state index is 12.0. The van der Waals surface area contributed by atoms with E-state index in [1.54, 1.807) is 0 Å². The number of carboxylic acids is 1. The highest BCUT2D eigenvalue weighted by Crippen LogP contribution is 2.25. The number of rotatable bonds is 2. The highest BCUT2D eigenvalue weighted by Gasteiger charge is 2.37. The van der Waals surface area contributed by atoms with Crippen molar-refractivity contribution >= 4 is 23.5 Å². The number of carboxylic acid groups (broad SMARTS) is 1. The van der Waals surface area contributed by atoms with Crippen LogP contribution in [-0.4, -0.2) is 35.0 Å². The van der Waals surface area contributed by atoms with Gasteiger partial charge in [0, 0.05) is 13.1 Å². The number of likely N-dealkylation sites (tertiary alicyclic amines) is 1. The molecule has 2 rings (SSSR count). The second-order valence-corrected chi connectivity index (χ2v) is 4.61. The number of furan rings is 1. The number of amides is 1. The topological polar surface area (TPSA) is 70.8 Å². The summed E-state index contributed by atoms with van der Waals surface area (Å²) in [7, 11) is 0. The predicted octanol–water partition coefficient (Wildman–Crippen LogP) is 1.73. The summed E-state index contributed by atoms with van der Waals surface area (Å²) in [6, 6.07) is 2.98. The lowest BCUT2D eigenvalue weighted by Crippen LogP contribution is -2.29. The Hall–Kier alpha value is -1.49. The van der Waals surface area contributed by atoms with Gasteiger partial charge >= 0.3 is 5.97 Å². The van der Waals surface area contributed by atoms with Crippen molar-refractivity contribution in [1.82, 2.24) is 4.90 Å². The third-order valence-corrected chi connectivity index (χ3v) is 3.20. The maximum absolute atomic E-state index is 12.0. The maximum Gasteiger partial charge on any atom is 0.308 e. The van der Waals surface area contributed by atoms with Gasteiger partial charge in [-0.25, -0.2) is 0 Å². The van der Waals surface area contributed by atoms with Crippen LogP contribution in [0.15, 0.2) is 16.5 Å². The van der Waals surface area contributed by atoms with Crippen LogP contribution in [-0.2, 0) is 4.79 Å². The van der Waals surface area contributed by atoms with Crippen molar-refractivity contribution in [3.63, 3.8) is 0 Å². The molecule has 0 saturated carbocycles. The van der Waals surface area contributed by atoms with E-state index in [1.165, 1.54) is 17.0 Å². The van der Waals surface area contributed by atoms with E-state index in [-0.39, 0.29) is 29.3 Å². The zero-order valence-electron chi connectivity index (χ0n) is 9.22. The fourth-order valence-electron chi connectivity index (χ4n) is 2.04. The van der Waals surface area contributed by atoms with Crippen LogP contribution in [0, 0.1) is 11.8 Å². The Morgan fingerprint density at radius 3 is 2.65 bits per heavy atom. The van der Waals surface area contributed by atoms with E-state index in [4.69, 9.17) is 21.1 Å². The predicted molar refractivity (Wildman–Crippen MR) is 59.9 cm³/mol. The summed E-state index contributed by atoms with van der Waals surface area (Å²) in [4.78, 5) is 24.4. The number of aliphatic carboxylic acids is 1. The van der Waals surface area contributed by atoms with Gasteiger partial charge in [-0.3, -0.25) is 9.59 Å². The summed E-state index contributed by atoms with van der Waals surface area (Å²) in [5, 5.41) is 9.12. The Bertz CT molecular complexity index is 456. The Labute approximate surface area is 103 Å². The molecule has 2 atom stereocenters. The van der Waals surface area contributed by atoms with Crippen molar-refractivity contribution in [2.75, 3.05) is 13.1 Å². The summed E-state index contributed by atoms with van der Waals surface area (Å²) in [6.45, 7) is 2.46. The van der Waals surface area contributed by atoms with Crippen LogP contribution < -0.4 is 0 Å². The first-order valence-electron chi connectivity index (χ1n) is 5.26. The molecule has 17 heavy (non-hydrogen) atoms. The molecule has 2 heterocycles. The Balaban J connectivity index is 2.10. The second-order valence-electron chi connectivity index (χ2n) is 4.24. The third kappa shape index (κ3) is 2.29. The highest BCUT2D eigenvalue weighted by molar-refractivity contribution is 6.29. The fourth-order valence-corrected chi connectivity index (χ4v) is 2.19. The van der Waals surface area contributed by atoms with Gasteiger partial charge in [-0.2, -0.15) is 0 Å². The van der Waals surface area contributed by atoms with Gasteiger partial charge in [0.2, 0.25) is 0 Å². The Kier molecular flexibility index (Phi) is 3.11. The van der Waals surface area contributed by atoms with Crippen LogP contribution in [0.2, 0.25) is 5.22 Å². The van der Waals surface area contributed by atoms with Crippen molar-refractivity contribution in [2.24, 2.45) is 11.8 Å². The lowest BCUT2D eigenvalue weighted by Gasteiger charge is -2.13. The van der Waals surface area contributed by atoms with Crippen molar-refractivity contribution in [2.45, 2.75) is 6.92 Å². The molecule has 0 aromatic carbocycles. The van der Waals surface area contributed by atoms with Crippen LogP contribution in [0.1, 0.15) is 17.5 Å². The highest BCUT2D eigenvalue weighted by atomic mass is 35.5. The first-order chi connectivity index (χ1) is 7.99. The van der Waals surface area contributed by atoms with E-state index in [1.807, 2.05) is 6.92 Å². The number of hydrogen-bond donors (Lipinski definition) is 1. The molecule has 1 N–H and O–H groups in total. The Morgan fingerprint density at radius 1 is 1.47 bits per heavy atom. The third-order valence-electron chi connectivity index (χ3n) is 3.00. The lowest BCUT2D eigenvalue weighted by atomic mass is 9.99. The standard InChI is InChI=1S/C11H12ClNO4/c1-6-4-13(5-7(6)11(15)16)10(14)8-2-3-9(12)17-8/h2-3,6-7H,4-5H2,1H3,(H,15,16). The molecule has 1 fully saturated rings. The number of carbonyl (C=O) groups excluding carboxylic acids is 1. The normalized spacial score (nSPS) is 24.0. The van der Waals surface area contributed by atoms with Gasteiger partial charge in [-0.05, 0) is 29.7 Å². The quantitative estimate of drug-likeness (QED) is 0.876. The van der Waals surface area contributed by atoms with Gasteiger partial charge in [-0.1, -0.05) is 6.92 Å². The number of carbonyl (C=O) groups is 2. The van der Waals surface area contributed by atoms with Gasteiger partial charge < -0.3 is 14.4 Å². The molecule has 1 aliphatic heterocycles. The first-order valence-corrected chi connectivity index (χ1v) is 5.64. The lowest BCUT2D eigenvalue weighted by molar-refractivity contribution is -0.142. The second kappa shape index (κ2) is 4.41. The SMILES string of the molecule is CC1CN(C(=O)c2ccc(Cl)o2)CC1C(=O)O. The van der Waals surface area contributed by atoms with Gasteiger partial charge in [0.15, 0.2) is 11.0 Å².